The topological polar surface area (TPSA) is 67.2 Å². The monoisotopic (exact) mass is 331 g/mol. The fourth-order valence-electron chi connectivity index (χ4n) is 2.14. The first-order valence-corrected chi connectivity index (χ1v) is 8.01. The molecule has 122 valence electrons. The number of nitrogens with two attached hydrogens (primary N) is 1. The molecule has 1 amide bonds. The number of halogens is 1. The number of anilines is 2. The third-order valence-electron chi connectivity index (χ3n) is 3.71. The summed E-state index contributed by atoms with van der Waals surface area (Å²) >= 11 is 6.32. The molecule has 0 radical (unpaired) electrons. The molecule has 2 aromatic carbocycles. The molecule has 0 saturated carbocycles. The van der Waals surface area contributed by atoms with Gasteiger partial charge in [0.25, 0.3) is 0 Å². The van der Waals surface area contributed by atoms with Crippen LogP contribution in [-0.4, -0.2) is 12.5 Å². The average molecular weight is 332 g/mol. The van der Waals surface area contributed by atoms with Crippen LogP contribution in [-0.2, 0) is 4.79 Å². The second kappa shape index (κ2) is 7.99. The lowest BCUT2D eigenvalue weighted by Crippen LogP contribution is -2.26. The average Bonchev–Trinajstić information content (AvgIpc) is 2.57. The largest absolute Gasteiger partial charge is 0.377 e. The second-order valence-electron chi connectivity index (χ2n) is 5.60. The first-order valence-electron chi connectivity index (χ1n) is 7.63. The molecule has 0 fully saturated rings. The maximum atomic E-state index is 11.9. The van der Waals surface area contributed by atoms with Gasteiger partial charge in [-0.15, -0.1) is 0 Å². The summed E-state index contributed by atoms with van der Waals surface area (Å²) in [5, 5.41) is 6.75. The Morgan fingerprint density at radius 3 is 2.48 bits per heavy atom. The normalized spacial score (nSPS) is 13.2. The van der Waals surface area contributed by atoms with Gasteiger partial charge in [0.05, 0.1) is 10.7 Å². The fourth-order valence-corrected chi connectivity index (χ4v) is 2.38. The van der Waals surface area contributed by atoms with Gasteiger partial charge in [-0.25, -0.2) is 0 Å². The first kappa shape index (κ1) is 17.3. The highest BCUT2D eigenvalue weighted by atomic mass is 35.5. The summed E-state index contributed by atoms with van der Waals surface area (Å²) in [7, 11) is 0. The molecule has 2 rings (SSSR count). The van der Waals surface area contributed by atoms with E-state index in [9.17, 15) is 4.79 Å². The quantitative estimate of drug-likeness (QED) is 0.748. The van der Waals surface area contributed by atoms with Crippen molar-refractivity contribution in [3.8, 4) is 0 Å². The molecule has 0 bridgehead atoms. The molecule has 2 atom stereocenters. The van der Waals surface area contributed by atoms with Gasteiger partial charge in [0.15, 0.2) is 0 Å². The SMILES string of the molecule is CC(CN)C(=O)Nc1ccc(NC(C)c2ccccc2)c(Cl)c1. The van der Waals surface area contributed by atoms with E-state index in [1.165, 1.54) is 5.56 Å². The van der Waals surface area contributed by atoms with Gasteiger partial charge in [0.2, 0.25) is 5.91 Å². The summed E-state index contributed by atoms with van der Waals surface area (Å²) in [5.74, 6) is -0.341. The minimum absolute atomic E-state index is 0.109. The Kier molecular flexibility index (Phi) is 6.02. The summed E-state index contributed by atoms with van der Waals surface area (Å²) in [6.45, 7) is 4.17. The van der Waals surface area contributed by atoms with Crippen LogP contribution in [0.1, 0.15) is 25.5 Å². The molecule has 2 unspecified atom stereocenters. The maximum Gasteiger partial charge on any atom is 0.228 e. The van der Waals surface area contributed by atoms with E-state index in [0.29, 0.717) is 17.3 Å². The van der Waals surface area contributed by atoms with Crippen molar-refractivity contribution < 1.29 is 4.79 Å². The first-order chi connectivity index (χ1) is 11.0. The van der Waals surface area contributed by atoms with Crippen LogP contribution in [0.2, 0.25) is 5.02 Å². The molecular weight excluding hydrogens is 310 g/mol. The van der Waals surface area contributed by atoms with Gasteiger partial charge in [-0.2, -0.15) is 0 Å². The minimum Gasteiger partial charge on any atom is -0.377 e. The van der Waals surface area contributed by atoms with E-state index in [0.717, 1.165) is 5.69 Å². The van der Waals surface area contributed by atoms with E-state index in [-0.39, 0.29) is 17.9 Å². The van der Waals surface area contributed by atoms with Crippen molar-refractivity contribution in [1.29, 1.82) is 0 Å². The molecule has 4 N–H and O–H groups in total. The van der Waals surface area contributed by atoms with Crippen molar-refractivity contribution >= 4 is 28.9 Å². The fraction of sp³-hybridized carbons (Fsp3) is 0.278. The van der Waals surface area contributed by atoms with E-state index in [1.807, 2.05) is 30.3 Å². The smallest absolute Gasteiger partial charge is 0.228 e. The van der Waals surface area contributed by atoms with E-state index in [4.69, 9.17) is 17.3 Å². The van der Waals surface area contributed by atoms with Crippen LogP contribution in [0.25, 0.3) is 0 Å². The predicted octanol–water partition coefficient (Wildman–Crippen LogP) is 4.05. The van der Waals surface area contributed by atoms with Gasteiger partial charge in [-0.05, 0) is 30.7 Å². The van der Waals surface area contributed by atoms with E-state index < -0.39 is 0 Å². The van der Waals surface area contributed by atoms with Crippen LogP contribution < -0.4 is 16.4 Å². The number of hydrogen-bond donors (Lipinski definition) is 3. The van der Waals surface area contributed by atoms with Crippen molar-refractivity contribution in [3.63, 3.8) is 0 Å². The summed E-state index contributed by atoms with van der Waals surface area (Å²) < 4.78 is 0. The van der Waals surface area contributed by atoms with Gasteiger partial charge < -0.3 is 16.4 Å². The van der Waals surface area contributed by atoms with E-state index in [1.54, 1.807) is 13.0 Å². The minimum atomic E-state index is -0.232. The number of amides is 1. The Bertz CT molecular complexity index is 661. The Morgan fingerprint density at radius 2 is 1.87 bits per heavy atom. The molecule has 0 aromatic heterocycles. The van der Waals surface area contributed by atoms with E-state index >= 15 is 0 Å². The molecule has 0 saturated heterocycles. The highest BCUT2D eigenvalue weighted by Crippen LogP contribution is 2.29. The molecule has 5 heteroatoms. The van der Waals surface area contributed by atoms with Gasteiger partial charge in [-0.1, -0.05) is 48.9 Å². The molecule has 0 aliphatic heterocycles. The zero-order valence-corrected chi connectivity index (χ0v) is 14.1. The highest BCUT2D eigenvalue weighted by Gasteiger charge is 2.12. The number of carbonyl (C=O) groups is 1. The van der Waals surface area contributed by atoms with Gasteiger partial charge in [0.1, 0.15) is 0 Å². The van der Waals surface area contributed by atoms with Gasteiger partial charge >= 0.3 is 0 Å². The van der Waals surface area contributed by atoms with Crippen LogP contribution in [0, 0.1) is 5.92 Å². The summed E-state index contributed by atoms with van der Waals surface area (Å²) in [6.07, 6.45) is 0. The molecular formula is C18H22ClN3O. The standard InChI is InChI=1S/C18H22ClN3O/c1-12(11-20)18(23)22-15-8-9-17(16(19)10-15)21-13(2)14-6-4-3-5-7-14/h3-10,12-13,21H,11,20H2,1-2H3,(H,22,23). The van der Waals surface area contributed by atoms with Crippen LogP contribution in [0.3, 0.4) is 0 Å². The lowest BCUT2D eigenvalue weighted by Gasteiger charge is -2.18. The Hall–Kier alpha value is -2.04. The summed E-state index contributed by atoms with van der Waals surface area (Å²) in [6, 6.07) is 15.7. The number of rotatable bonds is 6. The molecule has 4 nitrogen and oxygen atoms in total. The molecule has 0 aliphatic rings. The molecule has 23 heavy (non-hydrogen) atoms. The van der Waals surface area contributed by atoms with Crippen molar-refractivity contribution in [3.05, 3.63) is 59.1 Å². The van der Waals surface area contributed by atoms with Crippen LogP contribution in [0.15, 0.2) is 48.5 Å². The highest BCUT2D eigenvalue weighted by molar-refractivity contribution is 6.33. The number of hydrogen-bond acceptors (Lipinski definition) is 3. The Labute approximate surface area is 142 Å². The van der Waals surface area contributed by atoms with Gasteiger partial charge in [-0.3, -0.25) is 4.79 Å². The van der Waals surface area contributed by atoms with Crippen LogP contribution in [0.4, 0.5) is 11.4 Å². The van der Waals surface area contributed by atoms with Crippen molar-refractivity contribution in [2.45, 2.75) is 19.9 Å². The Morgan fingerprint density at radius 1 is 1.17 bits per heavy atom. The number of benzene rings is 2. The third kappa shape index (κ3) is 4.71. The molecule has 2 aromatic rings. The van der Waals surface area contributed by atoms with Crippen LogP contribution >= 0.6 is 11.6 Å². The summed E-state index contributed by atoms with van der Waals surface area (Å²) in [5.41, 5.74) is 8.16. The third-order valence-corrected chi connectivity index (χ3v) is 4.02. The molecule has 0 heterocycles. The summed E-state index contributed by atoms with van der Waals surface area (Å²) in [4.78, 5) is 11.9. The predicted molar refractivity (Wildman–Crippen MR) is 96.8 cm³/mol. The van der Waals surface area contributed by atoms with Crippen molar-refractivity contribution in [2.75, 3.05) is 17.2 Å². The zero-order valence-electron chi connectivity index (χ0n) is 13.3. The van der Waals surface area contributed by atoms with E-state index in [2.05, 4.69) is 29.7 Å². The van der Waals surface area contributed by atoms with Crippen LogP contribution in [0.5, 0.6) is 0 Å². The number of nitrogens with one attached hydrogen (secondary N) is 2. The molecule has 0 spiro atoms. The zero-order chi connectivity index (χ0) is 16.8. The van der Waals surface area contributed by atoms with Gasteiger partial charge in [0, 0.05) is 24.2 Å². The van der Waals surface area contributed by atoms with Crippen molar-refractivity contribution in [1.82, 2.24) is 0 Å². The second-order valence-corrected chi connectivity index (χ2v) is 6.00. The maximum absolute atomic E-state index is 11.9. The lowest BCUT2D eigenvalue weighted by atomic mass is 10.1. The number of carbonyl (C=O) groups excluding carboxylic acids is 1. The Balaban J connectivity index is 2.06. The molecule has 0 aliphatic carbocycles. The lowest BCUT2D eigenvalue weighted by molar-refractivity contribution is -0.119. The van der Waals surface area contributed by atoms with Crippen molar-refractivity contribution in [2.24, 2.45) is 11.7 Å².